The van der Waals surface area contributed by atoms with Crippen LogP contribution in [-0.4, -0.2) is 40.8 Å². The van der Waals surface area contributed by atoms with Crippen molar-refractivity contribution in [1.29, 1.82) is 5.26 Å². The lowest BCUT2D eigenvalue weighted by Gasteiger charge is -2.23. The molecule has 2 heterocycles. The molecule has 0 N–H and O–H groups in total. The summed E-state index contributed by atoms with van der Waals surface area (Å²) in [5, 5.41) is 10.4. The summed E-state index contributed by atoms with van der Waals surface area (Å²) in [5.41, 5.74) is 6.47. The van der Waals surface area contributed by atoms with Crippen LogP contribution < -0.4 is 0 Å². The smallest absolute Gasteiger partial charge is 0.418 e. The van der Waals surface area contributed by atoms with E-state index in [1.54, 1.807) is 4.57 Å². The first kappa shape index (κ1) is 24.6. The maximum atomic E-state index is 13.1. The van der Waals surface area contributed by atoms with E-state index in [1.807, 2.05) is 39.1 Å². The van der Waals surface area contributed by atoms with Crippen molar-refractivity contribution in [3.63, 3.8) is 0 Å². The first-order valence-corrected chi connectivity index (χ1v) is 13.3. The highest BCUT2D eigenvalue weighted by Crippen LogP contribution is 2.46. The van der Waals surface area contributed by atoms with E-state index >= 15 is 0 Å². The highest BCUT2D eigenvalue weighted by molar-refractivity contribution is 5.94. The Bertz CT molecular complexity index is 1320. The van der Waals surface area contributed by atoms with Crippen LogP contribution in [0.5, 0.6) is 0 Å². The van der Waals surface area contributed by atoms with E-state index in [1.165, 1.54) is 34.9 Å². The van der Waals surface area contributed by atoms with Gasteiger partial charge < -0.3 is 9.64 Å². The van der Waals surface area contributed by atoms with Crippen LogP contribution in [0.15, 0.2) is 42.6 Å². The van der Waals surface area contributed by atoms with Gasteiger partial charge in [-0.15, -0.1) is 0 Å². The minimum absolute atomic E-state index is 0.320. The molecule has 3 aromatic rings. The van der Waals surface area contributed by atoms with Crippen LogP contribution in [0.1, 0.15) is 80.2 Å². The third kappa shape index (κ3) is 4.80. The summed E-state index contributed by atoms with van der Waals surface area (Å²) in [4.78, 5) is 15.6. The number of fused-ring (bicyclic) bond motifs is 1. The van der Waals surface area contributed by atoms with E-state index in [0.717, 1.165) is 37.1 Å². The maximum absolute atomic E-state index is 13.1. The highest BCUT2D eigenvalue weighted by Gasteiger charge is 2.36. The largest absolute Gasteiger partial charge is 0.443 e. The first-order chi connectivity index (χ1) is 17.2. The van der Waals surface area contributed by atoms with E-state index in [-0.39, 0.29) is 6.09 Å². The fourth-order valence-electron chi connectivity index (χ4n) is 5.94. The summed E-state index contributed by atoms with van der Waals surface area (Å²) in [5.74, 6) is 1.53. The summed E-state index contributed by atoms with van der Waals surface area (Å²) < 4.78 is 7.42. The molecule has 0 radical (unpaired) electrons. The van der Waals surface area contributed by atoms with E-state index < -0.39 is 5.60 Å². The number of carbonyl (C=O) groups excluding carboxylic acids is 1. The van der Waals surface area contributed by atoms with Gasteiger partial charge in [0.1, 0.15) is 5.60 Å². The highest BCUT2D eigenvalue weighted by atomic mass is 16.6. The van der Waals surface area contributed by atoms with Gasteiger partial charge in [-0.3, -0.25) is 4.57 Å². The molecule has 1 aliphatic heterocycles. The molecule has 0 bridgehead atoms. The number of likely N-dealkylation sites (tertiary alicyclic amines) is 1. The van der Waals surface area contributed by atoms with Crippen LogP contribution in [0.2, 0.25) is 0 Å². The monoisotopic (exact) mass is 483 g/mol. The van der Waals surface area contributed by atoms with Crippen LogP contribution in [0.25, 0.3) is 10.9 Å². The third-order valence-electron chi connectivity index (χ3n) is 7.81. The number of benzene rings is 2. The normalized spacial score (nSPS) is 20.6. The van der Waals surface area contributed by atoms with Crippen LogP contribution in [0.3, 0.4) is 0 Å². The molecule has 0 amide bonds. The van der Waals surface area contributed by atoms with Gasteiger partial charge in [-0.05, 0) is 106 Å². The molecule has 2 aliphatic rings. The average Bonchev–Trinajstić information content (AvgIpc) is 3.44. The van der Waals surface area contributed by atoms with E-state index in [2.05, 4.69) is 49.1 Å². The Hall–Kier alpha value is -3.10. The van der Waals surface area contributed by atoms with Crippen LogP contribution in [0.4, 0.5) is 4.79 Å². The molecule has 1 aromatic heterocycles. The van der Waals surface area contributed by atoms with E-state index in [9.17, 15) is 10.1 Å². The molecular weight excluding hydrogens is 446 g/mol. The molecule has 0 unspecified atom stereocenters. The Morgan fingerprint density at radius 3 is 2.47 bits per heavy atom. The zero-order valence-electron chi connectivity index (χ0n) is 22.2. The first-order valence-electron chi connectivity index (χ1n) is 13.3. The van der Waals surface area contributed by atoms with Crippen molar-refractivity contribution in [2.45, 2.75) is 71.3 Å². The zero-order chi connectivity index (χ0) is 25.6. The summed E-state index contributed by atoms with van der Waals surface area (Å²) in [6.45, 7) is 13.2. The Morgan fingerprint density at radius 2 is 1.86 bits per heavy atom. The molecule has 5 nitrogen and oxygen atoms in total. The number of carbonyl (C=O) groups is 1. The van der Waals surface area contributed by atoms with Crippen molar-refractivity contribution >= 4 is 17.0 Å². The van der Waals surface area contributed by atoms with Crippen LogP contribution in [0, 0.1) is 24.2 Å². The lowest BCUT2D eigenvalue weighted by atomic mass is 9.82. The molecule has 36 heavy (non-hydrogen) atoms. The van der Waals surface area contributed by atoms with Gasteiger partial charge in [-0.2, -0.15) is 5.26 Å². The SMILES string of the molecule is CCN1C[C@@H](Cc2c(C3CC3)cc(C)c3c2ccn3C(=O)OC(C)(C)C)[C@H](c2ccc(C#N)cc2)C1. The summed E-state index contributed by atoms with van der Waals surface area (Å²) in [6.07, 6.45) is 5.05. The second-order valence-corrected chi connectivity index (χ2v) is 11.6. The van der Waals surface area contributed by atoms with Gasteiger partial charge in [0.25, 0.3) is 0 Å². The van der Waals surface area contributed by atoms with Crippen molar-refractivity contribution < 1.29 is 9.53 Å². The van der Waals surface area contributed by atoms with Crippen molar-refractivity contribution in [1.82, 2.24) is 9.47 Å². The lowest BCUT2D eigenvalue weighted by Crippen LogP contribution is -2.26. The van der Waals surface area contributed by atoms with Crippen molar-refractivity contribution in [2.75, 3.05) is 19.6 Å². The molecular formula is C31H37N3O2. The van der Waals surface area contributed by atoms with Gasteiger partial charge in [0.15, 0.2) is 0 Å². The summed E-state index contributed by atoms with van der Waals surface area (Å²) in [7, 11) is 0. The second kappa shape index (κ2) is 9.41. The number of nitriles is 1. The van der Waals surface area contributed by atoms with Crippen molar-refractivity contribution in [2.24, 2.45) is 5.92 Å². The van der Waals surface area contributed by atoms with Crippen LogP contribution >= 0.6 is 0 Å². The second-order valence-electron chi connectivity index (χ2n) is 11.6. The molecule has 5 rings (SSSR count). The molecule has 0 spiro atoms. The predicted molar refractivity (Wildman–Crippen MR) is 143 cm³/mol. The summed E-state index contributed by atoms with van der Waals surface area (Å²) in [6, 6.07) is 14.9. The number of likely N-dealkylation sites (N-methyl/N-ethyl adjacent to an activating group) is 1. The molecule has 188 valence electrons. The van der Waals surface area contributed by atoms with Gasteiger partial charge in [0.2, 0.25) is 0 Å². The Morgan fingerprint density at radius 1 is 1.14 bits per heavy atom. The molecule has 2 fully saturated rings. The number of rotatable bonds is 5. The van der Waals surface area contributed by atoms with Crippen molar-refractivity contribution in [3.05, 3.63) is 70.4 Å². The van der Waals surface area contributed by atoms with E-state index in [4.69, 9.17) is 4.74 Å². The standard InChI is InChI=1S/C31H37N3O2/c1-6-33-18-24(28(19-33)23-9-7-21(17-32)8-10-23)16-27-25-13-14-34(30(35)36-31(3,4)5)29(25)20(2)15-26(27)22-11-12-22/h7-10,13-15,22,24,28H,6,11-12,16,18-19H2,1-5H3/t24-,28+/m1/s1. The van der Waals surface area contributed by atoms with E-state index in [0.29, 0.717) is 23.3 Å². The quantitative estimate of drug-likeness (QED) is 0.402. The Balaban J connectivity index is 1.55. The fourth-order valence-corrected chi connectivity index (χ4v) is 5.94. The maximum Gasteiger partial charge on any atom is 0.418 e. The van der Waals surface area contributed by atoms with Crippen molar-refractivity contribution in [3.8, 4) is 6.07 Å². The number of hydrogen-bond donors (Lipinski definition) is 0. The number of ether oxygens (including phenoxy) is 1. The molecule has 1 aliphatic carbocycles. The number of nitrogens with zero attached hydrogens (tertiary/aromatic N) is 3. The van der Waals surface area contributed by atoms with Gasteiger partial charge in [-0.1, -0.05) is 25.1 Å². The topological polar surface area (TPSA) is 58.3 Å². The molecule has 2 aromatic carbocycles. The molecule has 2 atom stereocenters. The lowest BCUT2D eigenvalue weighted by molar-refractivity contribution is 0.0544. The van der Waals surface area contributed by atoms with Gasteiger partial charge >= 0.3 is 6.09 Å². The average molecular weight is 484 g/mol. The van der Waals surface area contributed by atoms with Gasteiger partial charge in [-0.25, -0.2) is 4.79 Å². The summed E-state index contributed by atoms with van der Waals surface area (Å²) >= 11 is 0. The number of hydrogen-bond acceptors (Lipinski definition) is 4. The molecule has 1 saturated heterocycles. The predicted octanol–water partition coefficient (Wildman–Crippen LogP) is 6.76. The molecule has 1 saturated carbocycles. The third-order valence-corrected chi connectivity index (χ3v) is 7.81. The fraction of sp³-hybridized carbons (Fsp3) is 0.484. The Kier molecular flexibility index (Phi) is 6.43. The minimum Gasteiger partial charge on any atom is -0.443 e. The zero-order valence-corrected chi connectivity index (χ0v) is 22.2. The van der Waals surface area contributed by atoms with Crippen LogP contribution in [-0.2, 0) is 11.2 Å². The van der Waals surface area contributed by atoms with Gasteiger partial charge in [0.05, 0.1) is 17.1 Å². The van der Waals surface area contributed by atoms with Gasteiger partial charge in [0, 0.05) is 30.6 Å². The Labute approximate surface area is 214 Å². The minimum atomic E-state index is -0.542. The number of aryl methyl sites for hydroxylation is 1. The molecule has 5 heteroatoms. The number of aromatic nitrogens is 1.